The second kappa shape index (κ2) is 11.1. The maximum atomic E-state index is 14.2. The Balaban J connectivity index is 1.40. The lowest BCUT2D eigenvalue weighted by atomic mass is 9.84. The van der Waals surface area contributed by atoms with Gasteiger partial charge in [-0.3, -0.25) is 9.59 Å². The smallest absolute Gasteiger partial charge is 0.329 e. The van der Waals surface area contributed by atoms with Crippen LogP contribution in [0.25, 0.3) is 10.8 Å². The molecule has 2 aromatic rings. The molecule has 1 heterocycles. The van der Waals surface area contributed by atoms with E-state index in [0.717, 1.165) is 42.9 Å². The Hall–Kier alpha value is -2.89. The summed E-state index contributed by atoms with van der Waals surface area (Å²) >= 11 is 0. The molecule has 3 fully saturated rings. The number of likely N-dealkylation sites (tertiary alicyclic amines) is 1. The van der Waals surface area contributed by atoms with E-state index in [0.29, 0.717) is 30.4 Å². The van der Waals surface area contributed by atoms with Gasteiger partial charge in [0, 0.05) is 12.1 Å². The van der Waals surface area contributed by atoms with E-state index in [1.54, 1.807) is 4.90 Å². The molecule has 0 bridgehead atoms. The molecular formula is C32H42N2O4. The fourth-order valence-corrected chi connectivity index (χ4v) is 6.95. The zero-order valence-corrected chi connectivity index (χ0v) is 23.1. The first-order valence-electron chi connectivity index (χ1n) is 14.5. The summed E-state index contributed by atoms with van der Waals surface area (Å²) in [5, 5.41) is 5.18. The third-order valence-electron chi connectivity index (χ3n) is 8.73. The van der Waals surface area contributed by atoms with E-state index < -0.39 is 17.7 Å². The highest BCUT2D eigenvalue weighted by molar-refractivity contribution is 6.01. The zero-order chi connectivity index (χ0) is 26.9. The second-order valence-corrected chi connectivity index (χ2v) is 12.7. The number of hydrogen-bond donors (Lipinski definition) is 1. The summed E-state index contributed by atoms with van der Waals surface area (Å²) in [6, 6.07) is 12.4. The minimum Gasteiger partial charge on any atom is -0.458 e. The van der Waals surface area contributed by atoms with E-state index in [9.17, 15) is 14.4 Å². The van der Waals surface area contributed by atoms with Gasteiger partial charge in [-0.2, -0.15) is 0 Å². The predicted octanol–water partition coefficient (Wildman–Crippen LogP) is 5.88. The van der Waals surface area contributed by atoms with Crippen LogP contribution in [0.2, 0.25) is 0 Å². The summed E-state index contributed by atoms with van der Waals surface area (Å²) in [6.07, 6.45) is 9.39. The van der Waals surface area contributed by atoms with Gasteiger partial charge >= 0.3 is 5.97 Å². The Morgan fingerprint density at radius 1 is 0.947 bits per heavy atom. The van der Waals surface area contributed by atoms with E-state index >= 15 is 0 Å². The largest absolute Gasteiger partial charge is 0.458 e. The highest BCUT2D eigenvalue weighted by Gasteiger charge is 2.52. The molecule has 38 heavy (non-hydrogen) atoms. The van der Waals surface area contributed by atoms with Crippen LogP contribution in [0.15, 0.2) is 42.5 Å². The number of carbonyl (C=O) groups is 3. The van der Waals surface area contributed by atoms with Gasteiger partial charge in [0.15, 0.2) is 0 Å². The summed E-state index contributed by atoms with van der Waals surface area (Å²) in [4.78, 5) is 42.9. The Morgan fingerprint density at radius 2 is 1.68 bits per heavy atom. The molecule has 0 aromatic heterocycles. The molecule has 4 atom stereocenters. The molecule has 3 aliphatic rings. The molecule has 2 aromatic carbocycles. The molecule has 0 radical (unpaired) electrons. The number of hydrogen-bond acceptors (Lipinski definition) is 4. The van der Waals surface area contributed by atoms with Crippen molar-refractivity contribution in [3.05, 3.63) is 48.0 Å². The minimum absolute atomic E-state index is 0.130. The fraction of sp³-hybridized carbons (Fsp3) is 0.594. The van der Waals surface area contributed by atoms with E-state index in [1.165, 1.54) is 19.3 Å². The quantitative estimate of drug-likeness (QED) is 0.485. The minimum atomic E-state index is -0.652. The molecule has 0 unspecified atom stereocenters. The van der Waals surface area contributed by atoms with Gasteiger partial charge in [0.1, 0.15) is 17.7 Å². The summed E-state index contributed by atoms with van der Waals surface area (Å²) in [5.74, 6) is 0.186. The topological polar surface area (TPSA) is 75.7 Å². The highest BCUT2D eigenvalue weighted by atomic mass is 16.6. The molecule has 6 heteroatoms. The maximum absolute atomic E-state index is 14.2. The maximum Gasteiger partial charge on any atom is 0.329 e. The molecular weight excluding hydrogens is 476 g/mol. The molecule has 0 spiro atoms. The highest BCUT2D eigenvalue weighted by Crippen LogP contribution is 2.43. The molecule has 1 N–H and O–H groups in total. The van der Waals surface area contributed by atoms with Crippen molar-refractivity contribution >= 4 is 28.6 Å². The van der Waals surface area contributed by atoms with Gasteiger partial charge in [0.2, 0.25) is 5.91 Å². The van der Waals surface area contributed by atoms with Gasteiger partial charge in [0.05, 0.1) is 0 Å². The normalized spacial score (nSPS) is 24.7. The molecule has 2 saturated carbocycles. The van der Waals surface area contributed by atoms with Gasteiger partial charge in [-0.25, -0.2) is 4.79 Å². The van der Waals surface area contributed by atoms with Crippen LogP contribution < -0.4 is 5.32 Å². The van der Waals surface area contributed by atoms with Crippen molar-refractivity contribution in [1.82, 2.24) is 10.2 Å². The first-order chi connectivity index (χ1) is 18.2. The number of nitrogens with one attached hydrogen (secondary N) is 1. The van der Waals surface area contributed by atoms with Crippen LogP contribution in [-0.2, 0) is 14.3 Å². The lowest BCUT2D eigenvalue weighted by Crippen LogP contribution is -2.54. The summed E-state index contributed by atoms with van der Waals surface area (Å²) in [7, 11) is 0. The van der Waals surface area contributed by atoms with E-state index in [4.69, 9.17) is 4.74 Å². The van der Waals surface area contributed by atoms with Crippen LogP contribution in [0.1, 0.15) is 88.9 Å². The van der Waals surface area contributed by atoms with Crippen molar-refractivity contribution in [2.24, 2.45) is 17.8 Å². The number of fused-ring (bicyclic) bond motifs is 2. The number of ether oxygens (including phenoxy) is 1. The standard InChI is InChI=1S/C32H42N2O4/c1-32(2,3)38-31(37)28-26-15-9-14-25(26)20-34(28)30(36)27(18-21-10-5-4-6-11-21)33-29(35)24-17-16-22-12-7-8-13-23(22)19-24/h7-8,12-13,16-17,19,21,25-28H,4-6,9-11,14-15,18,20H2,1-3H3,(H,33,35)/t25-,26-,27+,28-/m0/s1. The molecule has 204 valence electrons. The van der Waals surface area contributed by atoms with Crippen LogP contribution in [-0.4, -0.2) is 46.9 Å². The third kappa shape index (κ3) is 5.89. The van der Waals surface area contributed by atoms with Crippen molar-refractivity contribution in [3.8, 4) is 0 Å². The lowest BCUT2D eigenvalue weighted by molar-refractivity contribution is -0.165. The lowest BCUT2D eigenvalue weighted by Gasteiger charge is -2.33. The number of amides is 2. The van der Waals surface area contributed by atoms with Crippen molar-refractivity contribution in [2.75, 3.05) is 6.54 Å². The van der Waals surface area contributed by atoms with Crippen molar-refractivity contribution in [3.63, 3.8) is 0 Å². The Kier molecular flexibility index (Phi) is 7.78. The van der Waals surface area contributed by atoms with Crippen LogP contribution in [0.5, 0.6) is 0 Å². The predicted molar refractivity (Wildman–Crippen MR) is 149 cm³/mol. The Bertz CT molecular complexity index is 1180. The molecule has 1 aliphatic heterocycles. The fourth-order valence-electron chi connectivity index (χ4n) is 6.95. The third-order valence-corrected chi connectivity index (χ3v) is 8.73. The van der Waals surface area contributed by atoms with Crippen molar-refractivity contribution < 1.29 is 19.1 Å². The first-order valence-corrected chi connectivity index (χ1v) is 14.5. The summed E-state index contributed by atoms with van der Waals surface area (Å²) in [6.45, 7) is 6.18. The number of esters is 1. The Labute approximate surface area is 226 Å². The van der Waals surface area contributed by atoms with Gasteiger partial charge in [-0.05, 0) is 80.7 Å². The number of benzene rings is 2. The Morgan fingerprint density at radius 3 is 2.42 bits per heavy atom. The van der Waals surface area contributed by atoms with E-state index in [-0.39, 0.29) is 23.7 Å². The van der Waals surface area contributed by atoms with Crippen LogP contribution in [0.3, 0.4) is 0 Å². The van der Waals surface area contributed by atoms with Crippen LogP contribution in [0, 0.1) is 17.8 Å². The number of rotatable bonds is 6. The van der Waals surface area contributed by atoms with E-state index in [1.807, 2.05) is 63.2 Å². The SMILES string of the molecule is CC(C)(C)OC(=O)[C@@H]1[C@H]2CCC[C@H]2CN1C(=O)[C@@H](CC1CCCCC1)NC(=O)c1ccc2ccccc2c1. The summed E-state index contributed by atoms with van der Waals surface area (Å²) < 4.78 is 5.81. The average Bonchev–Trinajstić information content (AvgIpc) is 3.48. The zero-order valence-electron chi connectivity index (χ0n) is 23.1. The van der Waals surface area contributed by atoms with Crippen LogP contribution in [0.4, 0.5) is 0 Å². The molecule has 2 aliphatic carbocycles. The first kappa shape index (κ1) is 26.7. The van der Waals surface area contributed by atoms with Crippen molar-refractivity contribution in [2.45, 2.75) is 96.2 Å². The number of nitrogens with zero attached hydrogens (tertiary/aromatic N) is 1. The second-order valence-electron chi connectivity index (χ2n) is 12.7. The van der Waals surface area contributed by atoms with Crippen molar-refractivity contribution in [1.29, 1.82) is 0 Å². The van der Waals surface area contributed by atoms with Gasteiger partial charge in [-0.15, -0.1) is 0 Å². The van der Waals surface area contributed by atoms with E-state index in [2.05, 4.69) is 5.32 Å². The average molecular weight is 519 g/mol. The molecule has 1 saturated heterocycles. The molecule has 6 nitrogen and oxygen atoms in total. The molecule has 2 amide bonds. The molecule has 5 rings (SSSR count). The monoisotopic (exact) mass is 518 g/mol. The summed E-state index contributed by atoms with van der Waals surface area (Å²) in [5.41, 5.74) is -0.0685. The number of carbonyl (C=O) groups excluding carboxylic acids is 3. The van der Waals surface area contributed by atoms with Crippen LogP contribution >= 0.6 is 0 Å². The van der Waals surface area contributed by atoms with Gasteiger partial charge < -0.3 is 15.0 Å². The van der Waals surface area contributed by atoms with Gasteiger partial charge in [0.25, 0.3) is 5.91 Å². The van der Waals surface area contributed by atoms with Gasteiger partial charge in [-0.1, -0.05) is 68.9 Å².